The molecule has 0 radical (unpaired) electrons. The minimum atomic E-state index is -4.02. The van der Waals surface area contributed by atoms with Crippen molar-refractivity contribution < 1.29 is 27.5 Å². The molecule has 2 aromatic carbocycles. The Morgan fingerprint density at radius 1 is 1.11 bits per heavy atom. The van der Waals surface area contributed by atoms with Gasteiger partial charge in [-0.15, -0.1) is 12.4 Å². The van der Waals surface area contributed by atoms with Crippen LogP contribution in [0.1, 0.15) is 46.5 Å². The Labute approximate surface area is 272 Å². The molecule has 0 aliphatic carbocycles. The first-order chi connectivity index (χ1) is 20.8. The maximum atomic E-state index is 13.5. The van der Waals surface area contributed by atoms with Gasteiger partial charge in [-0.2, -0.15) is 4.72 Å². The van der Waals surface area contributed by atoms with Crippen LogP contribution in [0, 0.1) is 17.2 Å². The number of hydrogen-bond acceptors (Lipinski definition) is 7. The molecule has 0 bridgehead atoms. The van der Waals surface area contributed by atoms with Gasteiger partial charge in [-0.3, -0.25) is 19.8 Å². The van der Waals surface area contributed by atoms with E-state index in [9.17, 15) is 22.8 Å². The number of nitrogens with zero attached hydrogens (tertiary/aromatic N) is 3. The number of sulfonamides is 1. The van der Waals surface area contributed by atoms with Gasteiger partial charge in [-0.1, -0.05) is 37.3 Å². The lowest BCUT2D eigenvalue weighted by molar-refractivity contribution is -0.144. The summed E-state index contributed by atoms with van der Waals surface area (Å²) in [6.45, 7) is 7.25. The highest BCUT2D eigenvalue weighted by Crippen LogP contribution is 2.20. The molecule has 1 fully saturated rings. The van der Waals surface area contributed by atoms with Gasteiger partial charge in [0.15, 0.2) is 5.96 Å². The molecule has 250 valence electrons. The zero-order valence-corrected chi connectivity index (χ0v) is 28.2. The summed E-state index contributed by atoms with van der Waals surface area (Å²) in [6, 6.07) is 11.0. The molecule has 3 rings (SSSR count). The molecule has 0 saturated carbocycles. The van der Waals surface area contributed by atoms with Crippen LogP contribution in [0.3, 0.4) is 0 Å². The number of esters is 1. The van der Waals surface area contributed by atoms with Crippen molar-refractivity contribution in [3.8, 4) is 0 Å². The minimum absolute atomic E-state index is 0. The zero-order chi connectivity index (χ0) is 32.4. The summed E-state index contributed by atoms with van der Waals surface area (Å²) in [5.41, 5.74) is 5.65. The van der Waals surface area contributed by atoms with E-state index in [0.717, 1.165) is 30.2 Å². The molecule has 45 heavy (non-hydrogen) atoms. The molecule has 4 N–H and O–H groups in total. The predicted octanol–water partition coefficient (Wildman–Crippen LogP) is 2.80. The Morgan fingerprint density at radius 2 is 1.80 bits per heavy atom. The van der Waals surface area contributed by atoms with Crippen LogP contribution in [0.5, 0.6) is 0 Å². The summed E-state index contributed by atoms with van der Waals surface area (Å²) >= 11 is 0. The highest BCUT2D eigenvalue weighted by Gasteiger charge is 2.29. The summed E-state index contributed by atoms with van der Waals surface area (Å²) in [6.07, 6.45) is 2.12. The Bertz CT molecular complexity index is 1440. The number of carbonyl (C=O) groups is 3. The fourth-order valence-corrected chi connectivity index (χ4v) is 6.74. The third-order valence-electron chi connectivity index (χ3n) is 7.96. The molecule has 0 aromatic heterocycles. The molecule has 3 unspecified atom stereocenters. The van der Waals surface area contributed by atoms with E-state index in [0.29, 0.717) is 19.5 Å². The van der Waals surface area contributed by atoms with Crippen molar-refractivity contribution in [3.05, 3.63) is 42.5 Å². The Kier molecular flexibility index (Phi) is 14.5. The van der Waals surface area contributed by atoms with Crippen LogP contribution in [0.15, 0.2) is 47.4 Å². The van der Waals surface area contributed by atoms with Gasteiger partial charge in [0.1, 0.15) is 0 Å². The number of amides is 2. The second-order valence-electron chi connectivity index (χ2n) is 11.5. The molecule has 1 saturated heterocycles. The number of guanidine groups is 1. The van der Waals surface area contributed by atoms with E-state index in [2.05, 4.69) is 4.72 Å². The van der Waals surface area contributed by atoms with Crippen LogP contribution in [0.2, 0.25) is 0 Å². The minimum Gasteiger partial charge on any atom is -0.466 e. The van der Waals surface area contributed by atoms with Crippen LogP contribution in [0.4, 0.5) is 0 Å². The predicted molar refractivity (Wildman–Crippen MR) is 176 cm³/mol. The Morgan fingerprint density at radius 3 is 2.47 bits per heavy atom. The standard InChI is InChI=1S/C31H46N6O6S.ClH/c1-5-43-28(38)15-18-36(17-14-22(2)29(39)35(4)20-24-9-8-16-37(21-24)31(32)33)30(40)23(3)34-44(41,42)27-13-12-25-10-6-7-11-26(25)19-27;/h6-7,10-13,19,22-24,34H,5,8-9,14-18,20-21H2,1-4H3,(H3,32,33);1H. The molecular formula is C31H47ClN6O6S. The first kappa shape index (κ1) is 37.8. The number of rotatable bonds is 14. The van der Waals surface area contributed by atoms with Crippen molar-refractivity contribution in [2.45, 2.75) is 57.4 Å². The number of nitrogens with one attached hydrogen (secondary N) is 2. The number of carbonyl (C=O) groups excluding carboxylic acids is 3. The number of likely N-dealkylation sites (tertiary alicyclic amines) is 1. The fraction of sp³-hybridized carbons (Fsp3) is 0.548. The normalized spacial score (nSPS) is 16.3. The second-order valence-corrected chi connectivity index (χ2v) is 13.2. The first-order valence-electron chi connectivity index (χ1n) is 15.1. The van der Waals surface area contributed by atoms with E-state index in [1.165, 1.54) is 17.9 Å². The van der Waals surface area contributed by atoms with Gasteiger partial charge < -0.3 is 25.2 Å². The molecule has 1 aliphatic rings. The summed E-state index contributed by atoms with van der Waals surface area (Å²) in [7, 11) is -2.27. The van der Waals surface area contributed by atoms with Gasteiger partial charge in [0, 0.05) is 45.7 Å². The van der Waals surface area contributed by atoms with Gasteiger partial charge in [0.05, 0.1) is 24.0 Å². The number of halogens is 1. The van der Waals surface area contributed by atoms with Crippen molar-refractivity contribution in [2.75, 3.05) is 46.4 Å². The second kappa shape index (κ2) is 17.3. The smallest absolute Gasteiger partial charge is 0.307 e. The largest absolute Gasteiger partial charge is 0.466 e. The topological polar surface area (TPSA) is 166 Å². The van der Waals surface area contributed by atoms with Crippen LogP contribution < -0.4 is 10.5 Å². The van der Waals surface area contributed by atoms with Gasteiger partial charge in [-0.05, 0) is 61.9 Å². The van der Waals surface area contributed by atoms with E-state index >= 15 is 0 Å². The summed E-state index contributed by atoms with van der Waals surface area (Å²) < 4.78 is 33.9. The maximum absolute atomic E-state index is 13.5. The van der Waals surface area contributed by atoms with Gasteiger partial charge in [-0.25, -0.2) is 8.42 Å². The maximum Gasteiger partial charge on any atom is 0.307 e. The third kappa shape index (κ3) is 10.9. The molecular weight excluding hydrogens is 620 g/mol. The lowest BCUT2D eigenvalue weighted by Crippen LogP contribution is -2.48. The summed E-state index contributed by atoms with van der Waals surface area (Å²) in [5, 5.41) is 9.36. The average molecular weight is 667 g/mol. The lowest BCUT2D eigenvalue weighted by atomic mass is 9.97. The Balaban J connectivity index is 0.00000705. The van der Waals surface area contributed by atoms with Gasteiger partial charge in [0.25, 0.3) is 0 Å². The van der Waals surface area contributed by atoms with E-state index < -0.39 is 33.9 Å². The summed E-state index contributed by atoms with van der Waals surface area (Å²) in [5.74, 6) is -1.22. The average Bonchev–Trinajstić information content (AvgIpc) is 2.99. The van der Waals surface area contributed by atoms with Gasteiger partial charge >= 0.3 is 5.97 Å². The highest BCUT2D eigenvalue weighted by molar-refractivity contribution is 7.89. The van der Waals surface area contributed by atoms with Crippen molar-refractivity contribution >= 4 is 56.9 Å². The number of benzene rings is 2. The summed E-state index contributed by atoms with van der Waals surface area (Å²) in [4.78, 5) is 43.8. The van der Waals surface area contributed by atoms with Crippen molar-refractivity contribution in [2.24, 2.45) is 17.6 Å². The Hall–Kier alpha value is -3.42. The number of hydrogen-bond donors (Lipinski definition) is 3. The third-order valence-corrected chi connectivity index (χ3v) is 9.50. The highest BCUT2D eigenvalue weighted by atomic mass is 35.5. The van der Waals surface area contributed by atoms with E-state index in [-0.39, 0.29) is 61.2 Å². The number of nitrogens with two attached hydrogens (primary N) is 1. The number of piperidine rings is 1. The lowest BCUT2D eigenvalue weighted by Gasteiger charge is -2.35. The van der Waals surface area contributed by atoms with Crippen LogP contribution >= 0.6 is 12.4 Å². The molecule has 3 atom stereocenters. The van der Waals surface area contributed by atoms with Crippen molar-refractivity contribution in [3.63, 3.8) is 0 Å². The molecule has 1 aliphatic heterocycles. The molecule has 1 heterocycles. The molecule has 0 spiro atoms. The van der Waals surface area contributed by atoms with Crippen molar-refractivity contribution in [1.29, 1.82) is 5.41 Å². The van der Waals surface area contributed by atoms with E-state index in [1.807, 2.05) is 29.2 Å². The number of fused-ring (bicyclic) bond motifs is 1. The van der Waals surface area contributed by atoms with E-state index in [1.54, 1.807) is 37.9 Å². The molecule has 14 heteroatoms. The van der Waals surface area contributed by atoms with Gasteiger partial charge in [0.2, 0.25) is 21.8 Å². The zero-order valence-electron chi connectivity index (χ0n) is 26.5. The molecule has 2 aromatic rings. The number of ether oxygens (including phenoxy) is 1. The monoisotopic (exact) mass is 666 g/mol. The quantitative estimate of drug-likeness (QED) is 0.157. The van der Waals surface area contributed by atoms with Crippen LogP contribution in [-0.2, 0) is 29.1 Å². The van der Waals surface area contributed by atoms with Crippen LogP contribution in [-0.4, -0.2) is 99.3 Å². The van der Waals surface area contributed by atoms with Crippen molar-refractivity contribution in [1.82, 2.24) is 19.4 Å². The van der Waals surface area contributed by atoms with E-state index in [4.69, 9.17) is 15.9 Å². The van der Waals surface area contributed by atoms with Crippen LogP contribution in [0.25, 0.3) is 10.8 Å². The molecule has 12 nitrogen and oxygen atoms in total. The fourth-order valence-electron chi connectivity index (χ4n) is 5.51. The SMILES string of the molecule is CCOC(=O)CCN(CCC(C)C(=O)N(C)CC1CCCN(C(=N)N)C1)C(=O)C(C)NS(=O)(=O)c1ccc2ccccc2c1.Cl. The molecule has 2 amide bonds. The first-order valence-corrected chi connectivity index (χ1v) is 16.6.